The van der Waals surface area contributed by atoms with E-state index < -0.39 is 10.0 Å². The normalized spacial score (nSPS) is 17.8. The van der Waals surface area contributed by atoms with E-state index in [1.54, 1.807) is 6.92 Å². The molecule has 0 spiro atoms. The van der Waals surface area contributed by atoms with Crippen LogP contribution in [0.25, 0.3) is 0 Å². The Balaban J connectivity index is 2.28. The van der Waals surface area contributed by atoms with Gasteiger partial charge in [-0.05, 0) is 38.8 Å². The summed E-state index contributed by atoms with van der Waals surface area (Å²) in [5.74, 6) is 6.14. The van der Waals surface area contributed by atoms with Crippen LogP contribution in [0.5, 0.6) is 0 Å². The van der Waals surface area contributed by atoms with Crippen molar-refractivity contribution < 1.29 is 8.42 Å². The molecule has 0 bridgehead atoms. The zero-order chi connectivity index (χ0) is 11.9. The molecular weight excluding hydrogens is 224 g/mol. The Morgan fingerprint density at radius 1 is 1.38 bits per heavy atom. The van der Waals surface area contributed by atoms with Crippen molar-refractivity contribution in [2.75, 3.05) is 25.4 Å². The van der Waals surface area contributed by atoms with Gasteiger partial charge in [0.2, 0.25) is 10.0 Å². The van der Waals surface area contributed by atoms with Gasteiger partial charge in [0.05, 0.1) is 5.75 Å². The maximum Gasteiger partial charge on any atom is 0.211 e. The third kappa shape index (κ3) is 5.50. The van der Waals surface area contributed by atoms with Gasteiger partial charge in [0, 0.05) is 13.0 Å². The molecule has 0 aliphatic carbocycles. The third-order valence-corrected chi connectivity index (χ3v) is 4.22. The van der Waals surface area contributed by atoms with E-state index in [0.29, 0.717) is 18.9 Å². The van der Waals surface area contributed by atoms with Crippen LogP contribution in [0.3, 0.4) is 0 Å². The Morgan fingerprint density at radius 3 is 2.69 bits per heavy atom. The van der Waals surface area contributed by atoms with Gasteiger partial charge in [-0.3, -0.25) is 0 Å². The fourth-order valence-electron chi connectivity index (χ4n) is 1.81. The molecule has 0 unspecified atom stereocenters. The molecule has 16 heavy (non-hydrogen) atoms. The van der Waals surface area contributed by atoms with Crippen molar-refractivity contribution >= 4 is 10.0 Å². The number of piperidine rings is 1. The molecule has 1 rings (SSSR count). The van der Waals surface area contributed by atoms with Crippen LogP contribution in [-0.2, 0) is 10.0 Å². The van der Waals surface area contributed by atoms with Crippen molar-refractivity contribution in [2.24, 2.45) is 5.92 Å². The maximum absolute atomic E-state index is 11.7. The van der Waals surface area contributed by atoms with Crippen molar-refractivity contribution in [3.63, 3.8) is 0 Å². The quantitative estimate of drug-likeness (QED) is 0.541. The number of rotatable bonds is 5. The lowest BCUT2D eigenvalue weighted by Gasteiger charge is -2.22. The van der Waals surface area contributed by atoms with Gasteiger partial charge in [-0.25, -0.2) is 13.1 Å². The summed E-state index contributed by atoms with van der Waals surface area (Å²) in [5.41, 5.74) is 0. The summed E-state index contributed by atoms with van der Waals surface area (Å²) in [7, 11) is -3.11. The predicted molar refractivity (Wildman–Crippen MR) is 65.5 cm³/mol. The molecule has 0 aromatic heterocycles. The molecule has 0 saturated carbocycles. The van der Waals surface area contributed by atoms with Crippen LogP contribution in [0.15, 0.2) is 0 Å². The third-order valence-electron chi connectivity index (χ3n) is 2.66. The van der Waals surface area contributed by atoms with Crippen molar-refractivity contribution in [1.29, 1.82) is 0 Å². The highest BCUT2D eigenvalue weighted by molar-refractivity contribution is 7.89. The first-order valence-electron chi connectivity index (χ1n) is 5.72. The van der Waals surface area contributed by atoms with Gasteiger partial charge in [0.1, 0.15) is 0 Å². The Bertz CT molecular complexity index is 348. The molecule has 1 aliphatic rings. The zero-order valence-corrected chi connectivity index (χ0v) is 10.6. The Labute approximate surface area is 98.2 Å². The second kappa shape index (κ2) is 6.89. The molecule has 1 heterocycles. The summed E-state index contributed by atoms with van der Waals surface area (Å²) in [6, 6.07) is 0. The van der Waals surface area contributed by atoms with E-state index in [0.717, 1.165) is 25.9 Å². The van der Waals surface area contributed by atoms with Gasteiger partial charge >= 0.3 is 0 Å². The molecule has 4 nitrogen and oxygen atoms in total. The summed E-state index contributed by atoms with van der Waals surface area (Å²) < 4.78 is 26.0. The van der Waals surface area contributed by atoms with Crippen LogP contribution in [0, 0.1) is 17.8 Å². The summed E-state index contributed by atoms with van der Waals surface area (Å²) in [6.07, 6.45) is 2.49. The average molecular weight is 244 g/mol. The SMILES string of the molecule is CC#CCCNS(=O)(=O)CC1CCNCC1. The van der Waals surface area contributed by atoms with Gasteiger partial charge in [-0.2, -0.15) is 0 Å². The second-order valence-corrected chi connectivity index (χ2v) is 5.90. The van der Waals surface area contributed by atoms with Crippen LogP contribution in [0.1, 0.15) is 26.2 Å². The van der Waals surface area contributed by atoms with Gasteiger partial charge < -0.3 is 5.32 Å². The first kappa shape index (κ1) is 13.5. The fraction of sp³-hybridized carbons (Fsp3) is 0.818. The van der Waals surface area contributed by atoms with Crippen LogP contribution >= 0.6 is 0 Å². The van der Waals surface area contributed by atoms with E-state index >= 15 is 0 Å². The first-order chi connectivity index (χ1) is 7.64. The highest BCUT2D eigenvalue weighted by Crippen LogP contribution is 2.13. The second-order valence-electron chi connectivity index (χ2n) is 4.05. The van der Waals surface area contributed by atoms with E-state index in [-0.39, 0.29) is 5.75 Å². The lowest BCUT2D eigenvalue weighted by Crippen LogP contribution is -2.35. The van der Waals surface area contributed by atoms with E-state index in [1.165, 1.54) is 0 Å². The monoisotopic (exact) mass is 244 g/mol. The molecule has 0 radical (unpaired) electrons. The number of sulfonamides is 1. The highest BCUT2D eigenvalue weighted by atomic mass is 32.2. The molecular formula is C11H20N2O2S. The Morgan fingerprint density at radius 2 is 2.06 bits per heavy atom. The summed E-state index contributed by atoms with van der Waals surface area (Å²) in [4.78, 5) is 0. The molecule has 0 aromatic carbocycles. The number of hydrogen-bond donors (Lipinski definition) is 2. The van der Waals surface area contributed by atoms with Crippen LogP contribution in [-0.4, -0.2) is 33.8 Å². The fourth-order valence-corrected chi connectivity index (χ4v) is 3.30. The van der Waals surface area contributed by atoms with Gasteiger partial charge in [0.15, 0.2) is 0 Å². The van der Waals surface area contributed by atoms with Gasteiger partial charge in [-0.1, -0.05) is 0 Å². The van der Waals surface area contributed by atoms with Crippen molar-refractivity contribution in [1.82, 2.24) is 10.0 Å². The summed E-state index contributed by atoms with van der Waals surface area (Å²) in [6.45, 7) is 4.04. The molecule has 0 amide bonds. The average Bonchev–Trinajstić information content (AvgIpc) is 2.25. The lowest BCUT2D eigenvalue weighted by molar-refractivity contribution is 0.400. The van der Waals surface area contributed by atoms with Crippen LogP contribution < -0.4 is 10.0 Å². The summed E-state index contributed by atoms with van der Waals surface area (Å²) >= 11 is 0. The molecule has 0 atom stereocenters. The molecule has 2 N–H and O–H groups in total. The lowest BCUT2D eigenvalue weighted by atomic mass is 10.0. The Kier molecular flexibility index (Phi) is 5.81. The predicted octanol–water partition coefficient (Wildman–Crippen LogP) is 0.319. The standard InChI is InChI=1S/C11H20N2O2S/c1-2-3-4-7-13-16(14,15)10-11-5-8-12-9-6-11/h11-13H,4-10H2,1H3. The number of nitrogens with one attached hydrogen (secondary N) is 2. The minimum atomic E-state index is -3.11. The molecule has 92 valence electrons. The maximum atomic E-state index is 11.7. The molecule has 1 aliphatic heterocycles. The van der Waals surface area contributed by atoms with Crippen molar-refractivity contribution in [3.8, 4) is 11.8 Å². The first-order valence-corrected chi connectivity index (χ1v) is 7.37. The highest BCUT2D eigenvalue weighted by Gasteiger charge is 2.20. The van der Waals surface area contributed by atoms with E-state index in [9.17, 15) is 8.42 Å². The van der Waals surface area contributed by atoms with E-state index in [4.69, 9.17) is 0 Å². The van der Waals surface area contributed by atoms with Crippen LogP contribution in [0.4, 0.5) is 0 Å². The minimum Gasteiger partial charge on any atom is -0.317 e. The van der Waals surface area contributed by atoms with Crippen molar-refractivity contribution in [2.45, 2.75) is 26.2 Å². The van der Waals surface area contributed by atoms with E-state index in [2.05, 4.69) is 21.9 Å². The Hall–Kier alpha value is -0.570. The zero-order valence-electron chi connectivity index (χ0n) is 9.75. The molecule has 1 fully saturated rings. The molecule has 0 aromatic rings. The van der Waals surface area contributed by atoms with Crippen molar-refractivity contribution in [3.05, 3.63) is 0 Å². The smallest absolute Gasteiger partial charge is 0.211 e. The van der Waals surface area contributed by atoms with E-state index in [1.807, 2.05) is 0 Å². The number of hydrogen-bond acceptors (Lipinski definition) is 3. The topological polar surface area (TPSA) is 58.2 Å². The summed E-state index contributed by atoms with van der Waals surface area (Å²) in [5, 5.41) is 3.23. The largest absolute Gasteiger partial charge is 0.317 e. The molecule has 1 saturated heterocycles. The minimum absolute atomic E-state index is 0.258. The van der Waals surface area contributed by atoms with Crippen LogP contribution in [0.2, 0.25) is 0 Å². The van der Waals surface area contributed by atoms with Gasteiger partial charge in [-0.15, -0.1) is 11.8 Å². The van der Waals surface area contributed by atoms with Gasteiger partial charge in [0.25, 0.3) is 0 Å². The molecule has 5 heteroatoms.